The monoisotopic (exact) mass is 389 g/mol. The van der Waals surface area contributed by atoms with Crippen LogP contribution in [0.25, 0.3) is 0 Å². The summed E-state index contributed by atoms with van der Waals surface area (Å²) in [6.07, 6.45) is 3.08. The van der Waals surface area contributed by atoms with Crippen molar-refractivity contribution in [2.24, 2.45) is 5.92 Å². The Morgan fingerprint density at radius 2 is 2.00 bits per heavy atom. The van der Waals surface area contributed by atoms with Crippen LogP contribution in [-0.4, -0.2) is 19.3 Å². The summed E-state index contributed by atoms with van der Waals surface area (Å²) in [6.45, 7) is 6.72. The van der Waals surface area contributed by atoms with Crippen LogP contribution in [0.3, 0.4) is 0 Å². The molecule has 1 fully saturated rings. The minimum atomic E-state index is -0.148. The van der Waals surface area contributed by atoms with Gasteiger partial charge in [0.1, 0.15) is 5.82 Å². The second-order valence-electron chi connectivity index (χ2n) is 7.74. The van der Waals surface area contributed by atoms with Crippen molar-refractivity contribution in [3.63, 3.8) is 0 Å². The van der Waals surface area contributed by atoms with E-state index in [0.717, 1.165) is 55.1 Å². The number of rotatable bonds is 7. The summed E-state index contributed by atoms with van der Waals surface area (Å²) >= 11 is 6.21. The van der Waals surface area contributed by atoms with E-state index in [4.69, 9.17) is 16.3 Å². The minimum absolute atomic E-state index is 0.148. The molecule has 0 aromatic heterocycles. The van der Waals surface area contributed by atoms with Gasteiger partial charge < -0.3 is 10.1 Å². The van der Waals surface area contributed by atoms with Gasteiger partial charge >= 0.3 is 0 Å². The van der Waals surface area contributed by atoms with Crippen LogP contribution < -0.4 is 5.32 Å². The number of hydrogen-bond acceptors (Lipinski definition) is 2. The fourth-order valence-corrected chi connectivity index (χ4v) is 4.04. The average molecular weight is 390 g/mol. The fourth-order valence-electron chi connectivity index (χ4n) is 3.84. The Labute approximate surface area is 167 Å². The highest BCUT2D eigenvalue weighted by atomic mass is 35.5. The maximum absolute atomic E-state index is 14.0. The molecule has 2 nitrogen and oxygen atoms in total. The molecule has 2 atom stereocenters. The number of benzene rings is 2. The summed E-state index contributed by atoms with van der Waals surface area (Å²) in [5, 5.41) is 4.25. The van der Waals surface area contributed by atoms with Gasteiger partial charge in [-0.15, -0.1) is 0 Å². The van der Waals surface area contributed by atoms with Crippen LogP contribution in [0.5, 0.6) is 0 Å². The van der Waals surface area contributed by atoms with Gasteiger partial charge in [0.15, 0.2) is 0 Å². The molecule has 4 heteroatoms. The number of halogens is 2. The molecule has 1 aliphatic rings. The van der Waals surface area contributed by atoms with Gasteiger partial charge in [0.25, 0.3) is 0 Å². The van der Waals surface area contributed by atoms with E-state index in [9.17, 15) is 4.39 Å². The Morgan fingerprint density at radius 3 is 2.78 bits per heavy atom. The van der Waals surface area contributed by atoms with Gasteiger partial charge in [-0.25, -0.2) is 4.39 Å². The van der Waals surface area contributed by atoms with Crippen molar-refractivity contribution < 1.29 is 9.13 Å². The number of hydrogen-bond donors (Lipinski definition) is 1. The Hall–Kier alpha value is -1.42. The van der Waals surface area contributed by atoms with Crippen LogP contribution in [0.1, 0.15) is 49.3 Å². The van der Waals surface area contributed by atoms with Crippen LogP contribution >= 0.6 is 11.6 Å². The lowest BCUT2D eigenvalue weighted by atomic mass is 9.82. The standard InChI is InChI=1S/C23H29ClFNO/c1-16(2)23-13-18(10-12-27-23)21-14-20(25)8-7-17(21)9-11-26-15-19-5-3-4-6-22(19)24/h3-8,14,16,18,23,26H,9-13,15H2,1-2H3. The Morgan fingerprint density at radius 1 is 1.19 bits per heavy atom. The van der Waals surface area contributed by atoms with Gasteiger partial charge in [0.05, 0.1) is 6.10 Å². The maximum Gasteiger partial charge on any atom is 0.123 e. The van der Waals surface area contributed by atoms with Crippen LogP contribution in [0.2, 0.25) is 5.02 Å². The lowest BCUT2D eigenvalue weighted by Crippen LogP contribution is -2.29. The van der Waals surface area contributed by atoms with E-state index < -0.39 is 0 Å². The summed E-state index contributed by atoms with van der Waals surface area (Å²) in [5.74, 6) is 0.716. The first-order chi connectivity index (χ1) is 13.0. The van der Waals surface area contributed by atoms with Crippen molar-refractivity contribution in [3.05, 3.63) is 70.0 Å². The van der Waals surface area contributed by atoms with Crippen molar-refractivity contribution in [1.82, 2.24) is 5.32 Å². The molecule has 1 N–H and O–H groups in total. The molecule has 0 radical (unpaired) electrons. The third-order valence-corrected chi connectivity index (χ3v) is 5.82. The molecule has 2 aromatic rings. The van der Waals surface area contributed by atoms with Gasteiger partial charge in [0.2, 0.25) is 0 Å². The third kappa shape index (κ3) is 5.54. The molecule has 27 heavy (non-hydrogen) atoms. The average Bonchev–Trinajstić information content (AvgIpc) is 2.67. The molecule has 1 heterocycles. The predicted molar refractivity (Wildman–Crippen MR) is 110 cm³/mol. The van der Waals surface area contributed by atoms with E-state index in [2.05, 4.69) is 19.2 Å². The molecule has 0 amide bonds. The van der Waals surface area contributed by atoms with E-state index in [0.29, 0.717) is 11.8 Å². The Bertz CT molecular complexity index is 749. The second kappa shape index (κ2) is 9.68. The largest absolute Gasteiger partial charge is 0.378 e. The Balaban J connectivity index is 1.63. The number of nitrogens with one attached hydrogen (secondary N) is 1. The lowest BCUT2D eigenvalue weighted by Gasteiger charge is -2.33. The zero-order valence-corrected chi connectivity index (χ0v) is 16.9. The lowest BCUT2D eigenvalue weighted by molar-refractivity contribution is -0.0202. The molecule has 2 unspecified atom stereocenters. The highest BCUT2D eigenvalue weighted by molar-refractivity contribution is 6.31. The van der Waals surface area contributed by atoms with Gasteiger partial charge in [-0.05, 0) is 72.5 Å². The van der Waals surface area contributed by atoms with Gasteiger partial charge in [-0.2, -0.15) is 0 Å². The molecule has 0 aliphatic carbocycles. The molecule has 3 rings (SSSR count). The molecule has 1 saturated heterocycles. The molecule has 0 saturated carbocycles. The second-order valence-corrected chi connectivity index (χ2v) is 8.14. The van der Waals surface area contributed by atoms with Crippen LogP contribution in [0, 0.1) is 11.7 Å². The summed E-state index contributed by atoms with van der Waals surface area (Å²) in [6, 6.07) is 13.1. The van der Waals surface area contributed by atoms with E-state index in [1.54, 1.807) is 12.1 Å². The summed E-state index contributed by atoms with van der Waals surface area (Å²) in [5.41, 5.74) is 3.49. The number of ether oxygens (including phenoxy) is 1. The predicted octanol–water partition coefficient (Wildman–Crippen LogP) is 5.73. The van der Waals surface area contributed by atoms with E-state index in [-0.39, 0.29) is 11.9 Å². The first kappa shape index (κ1) is 20.3. The van der Waals surface area contributed by atoms with Crippen molar-refractivity contribution in [1.29, 1.82) is 0 Å². The van der Waals surface area contributed by atoms with Crippen molar-refractivity contribution in [3.8, 4) is 0 Å². The first-order valence-corrected chi connectivity index (χ1v) is 10.3. The molecule has 0 spiro atoms. The van der Waals surface area contributed by atoms with Crippen molar-refractivity contribution in [2.75, 3.05) is 13.2 Å². The quantitative estimate of drug-likeness (QED) is 0.610. The van der Waals surface area contributed by atoms with Crippen molar-refractivity contribution in [2.45, 2.75) is 51.7 Å². The van der Waals surface area contributed by atoms with Crippen molar-refractivity contribution >= 4 is 11.6 Å². The third-order valence-electron chi connectivity index (χ3n) is 5.45. The van der Waals surface area contributed by atoms with Crippen LogP contribution in [0.4, 0.5) is 4.39 Å². The zero-order valence-electron chi connectivity index (χ0n) is 16.2. The van der Waals surface area contributed by atoms with Gasteiger partial charge in [-0.1, -0.05) is 49.7 Å². The molecule has 1 aliphatic heterocycles. The van der Waals surface area contributed by atoms with Crippen LogP contribution in [0.15, 0.2) is 42.5 Å². The van der Waals surface area contributed by atoms with E-state index in [1.807, 2.05) is 30.3 Å². The maximum atomic E-state index is 14.0. The van der Waals surface area contributed by atoms with E-state index >= 15 is 0 Å². The smallest absolute Gasteiger partial charge is 0.123 e. The highest BCUT2D eigenvalue weighted by Gasteiger charge is 2.27. The fraction of sp³-hybridized carbons (Fsp3) is 0.478. The minimum Gasteiger partial charge on any atom is -0.378 e. The SMILES string of the molecule is CC(C)C1CC(c2cc(F)ccc2CCNCc2ccccc2Cl)CCO1. The molecule has 146 valence electrons. The summed E-state index contributed by atoms with van der Waals surface area (Å²) < 4.78 is 19.9. The highest BCUT2D eigenvalue weighted by Crippen LogP contribution is 2.35. The molecule has 0 bridgehead atoms. The molecular formula is C23H29ClFNO. The van der Waals surface area contributed by atoms with Gasteiger partial charge in [0, 0.05) is 18.2 Å². The summed E-state index contributed by atoms with van der Waals surface area (Å²) in [4.78, 5) is 0. The topological polar surface area (TPSA) is 21.3 Å². The first-order valence-electron chi connectivity index (χ1n) is 9.88. The molecule has 2 aromatic carbocycles. The Kier molecular flexibility index (Phi) is 7.28. The van der Waals surface area contributed by atoms with Crippen LogP contribution in [-0.2, 0) is 17.7 Å². The van der Waals surface area contributed by atoms with Gasteiger partial charge in [-0.3, -0.25) is 0 Å². The molecular weight excluding hydrogens is 361 g/mol. The van der Waals surface area contributed by atoms with E-state index in [1.165, 1.54) is 5.56 Å². The summed E-state index contributed by atoms with van der Waals surface area (Å²) in [7, 11) is 0. The normalized spacial score (nSPS) is 20.2. The zero-order chi connectivity index (χ0) is 19.2.